The molecule has 1 aromatic carbocycles. The van der Waals surface area contributed by atoms with Crippen molar-refractivity contribution in [2.45, 2.75) is 45.6 Å². The predicted octanol–water partition coefficient (Wildman–Crippen LogP) is 2.91. The van der Waals surface area contributed by atoms with Crippen LogP contribution in [0.15, 0.2) is 41.2 Å². The second-order valence-corrected chi connectivity index (χ2v) is 6.91. The second kappa shape index (κ2) is 8.10. The van der Waals surface area contributed by atoms with E-state index in [4.69, 9.17) is 0 Å². The molecule has 132 valence electrons. The fourth-order valence-electron chi connectivity index (χ4n) is 3.27. The molecular formula is C20H25N3O2. The van der Waals surface area contributed by atoms with Gasteiger partial charge in [-0.25, -0.2) is 4.68 Å². The quantitative estimate of drug-likeness (QED) is 0.911. The molecule has 1 aromatic heterocycles. The molecule has 0 unspecified atom stereocenters. The summed E-state index contributed by atoms with van der Waals surface area (Å²) < 4.78 is 1.35. The summed E-state index contributed by atoms with van der Waals surface area (Å²) in [4.78, 5) is 24.4. The van der Waals surface area contributed by atoms with E-state index in [0.29, 0.717) is 24.7 Å². The molecule has 3 rings (SSSR count). The van der Waals surface area contributed by atoms with E-state index in [2.05, 4.69) is 10.4 Å². The highest BCUT2D eigenvalue weighted by Crippen LogP contribution is 2.22. The van der Waals surface area contributed by atoms with E-state index in [1.807, 2.05) is 31.2 Å². The zero-order valence-corrected chi connectivity index (χ0v) is 14.7. The van der Waals surface area contributed by atoms with Crippen molar-refractivity contribution in [2.75, 3.05) is 6.54 Å². The number of rotatable bonds is 5. The van der Waals surface area contributed by atoms with Gasteiger partial charge in [-0.2, -0.15) is 5.10 Å². The normalized spacial score (nSPS) is 15.1. The van der Waals surface area contributed by atoms with E-state index >= 15 is 0 Å². The summed E-state index contributed by atoms with van der Waals surface area (Å²) >= 11 is 0. The highest BCUT2D eigenvalue weighted by Gasteiger charge is 2.16. The topological polar surface area (TPSA) is 64.0 Å². The first-order valence-corrected chi connectivity index (χ1v) is 9.04. The highest BCUT2D eigenvalue weighted by atomic mass is 16.2. The van der Waals surface area contributed by atoms with Crippen molar-refractivity contribution in [3.8, 4) is 0 Å². The fraction of sp³-hybridized carbons (Fsp3) is 0.450. The SMILES string of the molecule is Cc1ccc(Cn2nc(C(=O)NCC3CCCCC3)ccc2=O)cc1. The summed E-state index contributed by atoms with van der Waals surface area (Å²) in [5.41, 5.74) is 2.24. The molecule has 1 aliphatic rings. The van der Waals surface area contributed by atoms with E-state index in [1.165, 1.54) is 54.5 Å². The monoisotopic (exact) mass is 339 g/mol. The van der Waals surface area contributed by atoms with Crippen LogP contribution in [0.4, 0.5) is 0 Å². The summed E-state index contributed by atoms with van der Waals surface area (Å²) in [6, 6.07) is 10.9. The summed E-state index contributed by atoms with van der Waals surface area (Å²) in [6.07, 6.45) is 6.16. The molecule has 1 aliphatic carbocycles. The van der Waals surface area contributed by atoms with Crippen LogP contribution in [0.2, 0.25) is 0 Å². The van der Waals surface area contributed by atoms with E-state index < -0.39 is 0 Å². The zero-order valence-electron chi connectivity index (χ0n) is 14.7. The Balaban J connectivity index is 1.66. The lowest BCUT2D eigenvalue weighted by Crippen LogP contribution is -2.33. The van der Waals surface area contributed by atoms with Crippen molar-refractivity contribution in [1.29, 1.82) is 0 Å². The van der Waals surface area contributed by atoms with Crippen molar-refractivity contribution in [3.63, 3.8) is 0 Å². The average molecular weight is 339 g/mol. The average Bonchev–Trinajstić information content (AvgIpc) is 2.64. The molecule has 1 N–H and O–H groups in total. The van der Waals surface area contributed by atoms with E-state index in [-0.39, 0.29) is 11.5 Å². The molecule has 5 heteroatoms. The van der Waals surface area contributed by atoms with Gasteiger partial charge in [-0.1, -0.05) is 49.1 Å². The van der Waals surface area contributed by atoms with E-state index in [0.717, 1.165) is 5.56 Å². The molecule has 0 atom stereocenters. The number of nitrogens with one attached hydrogen (secondary N) is 1. The standard InChI is InChI=1S/C20H25N3O2/c1-15-7-9-17(10-8-15)14-23-19(24)12-11-18(22-23)20(25)21-13-16-5-3-2-4-6-16/h7-12,16H,2-6,13-14H2,1H3,(H,21,25). The Morgan fingerprint density at radius 3 is 2.56 bits per heavy atom. The highest BCUT2D eigenvalue weighted by molar-refractivity contribution is 5.91. The van der Waals surface area contributed by atoms with Crippen LogP contribution in [-0.4, -0.2) is 22.2 Å². The molecule has 0 saturated heterocycles. The predicted molar refractivity (Wildman–Crippen MR) is 97.7 cm³/mol. The van der Waals surface area contributed by atoms with Gasteiger partial charge in [-0.3, -0.25) is 9.59 Å². The van der Waals surface area contributed by atoms with Crippen molar-refractivity contribution in [3.05, 3.63) is 63.6 Å². The first-order valence-electron chi connectivity index (χ1n) is 9.04. The fourth-order valence-corrected chi connectivity index (χ4v) is 3.27. The van der Waals surface area contributed by atoms with Crippen LogP contribution in [0.25, 0.3) is 0 Å². The number of aromatic nitrogens is 2. The van der Waals surface area contributed by atoms with Gasteiger partial charge in [0.2, 0.25) is 0 Å². The Bertz CT molecular complexity index is 774. The van der Waals surface area contributed by atoms with Crippen molar-refractivity contribution in [2.24, 2.45) is 5.92 Å². The number of carbonyl (C=O) groups excluding carboxylic acids is 1. The van der Waals surface area contributed by atoms with Gasteiger partial charge >= 0.3 is 0 Å². The minimum Gasteiger partial charge on any atom is -0.350 e. The molecule has 0 aliphatic heterocycles. The van der Waals surface area contributed by atoms with Crippen LogP contribution >= 0.6 is 0 Å². The molecule has 0 bridgehead atoms. The van der Waals surface area contributed by atoms with Gasteiger partial charge in [0, 0.05) is 12.6 Å². The number of carbonyl (C=O) groups is 1. The van der Waals surface area contributed by atoms with Gasteiger partial charge in [0.05, 0.1) is 6.54 Å². The van der Waals surface area contributed by atoms with Crippen molar-refractivity contribution < 1.29 is 4.79 Å². The van der Waals surface area contributed by atoms with Gasteiger partial charge < -0.3 is 5.32 Å². The Morgan fingerprint density at radius 1 is 1.12 bits per heavy atom. The number of aryl methyl sites for hydroxylation is 1. The molecule has 1 fully saturated rings. The van der Waals surface area contributed by atoms with Gasteiger partial charge in [0.25, 0.3) is 11.5 Å². The Morgan fingerprint density at radius 2 is 1.84 bits per heavy atom. The molecule has 25 heavy (non-hydrogen) atoms. The third-order valence-corrected chi connectivity index (χ3v) is 4.83. The first-order chi connectivity index (χ1) is 12.1. The molecule has 0 radical (unpaired) electrons. The second-order valence-electron chi connectivity index (χ2n) is 6.91. The van der Waals surface area contributed by atoms with Crippen LogP contribution in [0, 0.1) is 12.8 Å². The van der Waals surface area contributed by atoms with Crippen LogP contribution in [-0.2, 0) is 6.54 Å². The minimum atomic E-state index is -0.205. The third kappa shape index (κ3) is 4.78. The number of benzene rings is 1. The van der Waals surface area contributed by atoms with Crippen LogP contribution in [0.1, 0.15) is 53.7 Å². The van der Waals surface area contributed by atoms with Gasteiger partial charge in [-0.15, -0.1) is 0 Å². The molecule has 1 saturated carbocycles. The molecular weight excluding hydrogens is 314 g/mol. The summed E-state index contributed by atoms with van der Waals surface area (Å²) in [7, 11) is 0. The number of hydrogen-bond acceptors (Lipinski definition) is 3. The maximum Gasteiger partial charge on any atom is 0.271 e. The van der Waals surface area contributed by atoms with Gasteiger partial charge in [-0.05, 0) is 37.3 Å². The molecule has 1 heterocycles. The van der Waals surface area contributed by atoms with Crippen molar-refractivity contribution >= 4 is 5.91 Å². The Kier molecular flexibility index (Phi) is 5.64. The van der Waals surface area contributed by atoms with E-state index in [9.17, 15) is 9.59 Å². The number of hydrogen-bond donors (Lipinski definition) is 1. The molecule has 1 amide bonds. The third-order valence-electron chi connectivity index (χ3n) is 4.83. The van der Waals surface area contributed by atoms with Crippen LogP contribution < -0.4 is 10.9 Å². The minimum absolute atomic E-state index is 0.204. The first kappa shape index (κ1) is 17.4. The maximum absolute atomic E-state index is 12.4. The van der Waals surface area contributed by atoms with E-state index in [1.54, 1.807) is 0 Å². The maximum atomic E-state index is 12.4. The Labute approximate surface area is 148 Å². The lowest BCUT2D eigenvalue weighted by molar-refractivity contribution is 0.0936. The summed E-state index contributed by atoms with van der Waals surface area (Å²) in [5, 5.41) is 7.22. The van der Waals surface area contributed by atoms with Gasteiger partial charge in [0.1, 0.15) is 5.69 Å². The molecule has 2 aromatic rings. The Hall–Kier alpha value is -2.43. The lowest BCUT2D eigenvalue weighted by Gasteiger charge is -2.21. The van der Waals surface area contributed by atoms with Crippen LogP contribution in [0.5, 0.6) is 0 Å². The van der Waals surface area contributed by atoms with Crippen molar-refractivity contribution in [1.82, 2.24) is 15.1 Å². The summed E-state index contributed by atoms with van der Waals surface area (Å²) in [6.45, 7) is 3.08. The van der Waals surface area contributed by atoms with Crippen LogP contribution in [0.3, 0.4) is 0 Å². The molecule has 0 spiro atoms. The van der Waals surface area contributed by atoms with Gasteiger partial charge in [0.15, 0.2) is 0 Å². The smallest absolute Gasteiger partial charge is 0.271 e. The number of amides is 1. The summed E-state index contributed by atoms with van der Waals surface area (Å²) in [5.74, 6) is 0.361. The zero-order chi connectivity index (χ0) is 17.6. The molecule has 5 nitrogen and oxygen atoms in total. The number of nitrogens with zero attached hydrogens (tertiary/aromatic N) is 2. The largest absolute Gasteiger partial charge is 0.350 e. The lowest BCUT2D eigenvalue weighted by atomic mass is 9.89.